The molecule has 3 atom stereocenters. The molecule has 158 valence electrons. The molecule has 6 heteroatoms. The summed E-state index contributed by atoms with van der Waals surface area (Å²) >= 11 is 0. The van der Waals surface area contributed by atoms with E-state index >= 15 is 0 Å². The Balaban J connectivity index is 0.00000280. The summed E-state index contributed by atoms with van der Waals surface area (Å²) in [5.74, 6) is 1.99. The molecule has 0 radical (unpaired) electrons. The number of nitrogens with one attached hydrogen (secondary N) is 2. The standard InChI is InChI=1S/C22H34N2O3.ClH/c1-16-7-8-19(21(11-16)27-15-20-6-4-10-26-20)14-24-22(25)12-17(2)18-5-3-9-23-13-18;/h7-8,11,17-18,20,23H,3-6,9-10,12-15H2,1-2H3,(H,24,25);1H. The molecule has 1 aromatic rings. The Hall–Kier alpha value is -1.30. The maximum Gasteiger partial charge on any atom is 0.220 e. The number of ether oxygens (including phenoxy) is 2. The van der Waals surface area contributed by atoms with Crippen molar-refractivity contribution in [1.29, 1.82) is 0 Å². The third-order valence-electron chi connectivity index (χ3n) is 5.79. The van der Waals surface area contributed by atoms with Crippen LogP contribution in [-0.2, 0) is 16.1 Å². The van der Waals surface area contributed by atoms with Crippen LogP contribution >= 0.6 is 12.4 Å². The van der Waals surface area contributed by atoms with Gasteiger partial charge in [0.2, 0.25) is 5.91 Å². The van der Waals surface area contributed by atoms with Crippen molar-refractivity contribution in [2.75, 3.05) is 26.3 Å². The molecular formula is C22H35ClN2O3. The van der Waals surface area contributed by atoms with Gasteiger partial charge in [0.1, 0.15) is 12.4 Å². The molecule has 5 nitrogen and oxygen atoms in total. The van der Waals surface area contributed by atoms with Crippen molar-refractivity contribution in [2.24, 2.45) is 11.8 Å². The minimum absolute atomic E-state index is 0. The molecule has 3 rings (SSSR count). The minimum Gasteiger partial charge on any atom is -0.491 e. The van der Waals surface area contributed by atoms with Crippen LogP contribution < -0.4 is 15.4 Å². The fraction of sp³-hybridized carbons (Fsp3) is 0.682. The molecule has 3 unspecified atom stereocenters. The van der Waals surface area contributed by atoms with Gasteiger partial charge in [-0.1, -0.05) is 19.1 Å². The molecule has 2 heterocycles. The first-order valence-electron chi connectivity index (χ1n) is 10.4. The highest BCUT2D eigenvalue weighted by molar-refractivity contribution is 5.85. The zero-order valence-electron chi connectivity index (χ0n) is 17.2. The Morgan fingerprint density at radius 2 is 2.21 bits per heavy atom. The molecule has 0 aliphatic carbocycles. The number of hydrogen-bond donors (Lipinski definition) is 2. The first-order chi connectivity index (χ1) is 13.1. The maximum atomic E-state index is 12.4. The van der Waals surface area contributed by atoms with Crippen LogP contribution in [0, 0.1) is 18.8 Å². The largest absolute Gasteiger partial charge is 0.491 e. The summed E-state index contributed by atoms with van der Waals surface area (Å²) in [7, 11) is 0. The van der Waals surface area contributed by atoms with E-state index in [9.17, 15) is 4.79 Å². The van der Waals surface area contributed by atoms with E-state index in [0.717, 1.165) is 49.4 Å². The fourth-order valence-electron chi connectivity index (χ4n) is 3.99. The summed E-state index contributed by atoms with van der Waals surface area (Å²) in [4.78, 5) is 12.4. The lowest BCUT2D eigenvalue weighted by atomic mass is 9.85. The van der Waals surface area contributed by atoms with Gasteiger partial charge in [0.15, 0.2) is 0 Å². The second kappa shape index (κ2) is 11.6. The Labute approximate surface area is 175 Å². The van der Waals surface area contributed by atoms with Gasteiger partial charge in [-0.25, -0.2) is 0 Å². The highest BCUT2D eigenvalue weighted by atomic mass is 35.5. The molecule has 2 saturated heterocycles. The number of rotatable bonds is 8. The normalized spacial score (nSPS) is 22.9. The van der Waals surface area contributed by atoms with Crippen LogP contribution in [0.5, 0.6) is 5.75 Å². The third-order valence-corrected chi connectivity index (χ3v) is 5.79. The number of hydrogen-bond acceptors (Lipinski definition) is 4. The molecule has 0 bridgehead atoms. The van der Waals surface area contributed by atoms with Crippen molar-refractivity contribution in [1.82, 2.24) is 10.6 Å². The summed E-state index contributed by atoms with van der Waals surface area (Å²) in [5.41, 5.74) is 2.18. The highest BCUT2D eigenvalue weighted by Gasteiger charge is 2.22. The number of benzene rings is 1. The number of carbonyl (C=O) groups excluding carboxylic acids is 1. The Morgan fingerprint density at radius 3 is 2.93 bits per heavy atom. The summed E-state index contributed by atoms with van der Waals surface area (Å²) in [6, 6.07) is 6.17. The van der Waals surface area contributed by atoms with Gasteiger partial charge in [-0.15, -0.1) is 12.4 Å². The minimum atomic E-state index is 0. The third kappa shape index (κ3) is 6.94. The van der Waals surface area contributed by atoms with E-state index in [4.69, 9.17) is 9.47 Å². The molecular weight excluding hydrogens is 376 g/mol. The van der Waals surface area contributed by atoms with Crippen molar-refractivity contribution in [3.63, 3.8) is 0 Å². The van der Waals surface area contributed by atoms with E-state index in [1.165, 1.54) is 12.8 Å². The van der Waals surface area contributed by atoms with Gasteiger partial charge in [0.25, 0.3) is 0 Å². The van der Waals surface area contributed by atoms with Crippen LogP contribution in [0.3, 0.4) is 0 Å². The van der Waals surface area contributed by atoms with Crippen molar-refractivity contribution in [3.8, 4) is 5.75 Å². The summed E-state index contributed by atoms with van der Waals surface area (Å²) in [5, 5.41) is 6.52. The lowest BCUT2D eigenvalue weighted by Gasteiger charge is -2.28. The van der Waals surface area contributed by atoms with Gasteiger partial charge < -0.3 is 20.1 Å². The Morgan fingerprint density at radius 1 is 1.36 bits per heavy atom. The summed E-state index contributed by atoms with van der Waals surface area (Å²) in [6.45, 7) is 8.32. The predicted octanol–water partition coefficient (Wildman–Crippen LogP) is 3.62. The van der Waals surface area contributed by atoms with Crippen molar-refractivity contribution < 1.29 is 14.3 Å². The van der Waals surface area contributed by atoms with E-state index in [2.05, 4.69) is 36.6 Å². The monoisotopic (exact) mass is 410 g/mol. The first-order valence-corrected chi connectivity index (χ1v) is 10.4. The lowest BCUT2D eigenvalue weighted by Crippen LogP contribution is -2.35. The quantitative estimate of drug-likeness (QED) is 0.687. The van der Waals surface area contributed by atoms with Crippen LogP contribution in [-0.4, -0.2) is 38.3 Å². The molecule has 0 aromatic heterocycles. The number of aryl methyl sites for hydroxylation is 1. The maximum absolute atomic E-state index is 12.4. The van der Waals surface area contributed by atoms with Crippen LogP contribution in [0.15, 0.2) is 18.2 Å². The molecule has 2 aliphatic heterocycles. The molecule has 2 aliphatic rings. The molecule has 1 aromatic carbocycles. The van der Waals surface area contributed by atoms with Crippen LogP contribution in [0.4, 0.5) is 0 Å². The molecule has 2 fully saturated rings. The molecule has 1 amide bonds. The highest BCUT2D eigenvalue weighted by Crippen LogP contribution is 2.24. The SMILES string of the molecule is Cc1ccc(CNC(=O)CC(C)C2CCCNC2)c(OCC2CCCO2)c1.Cl. The second-order valence-electron chi connectivity index (χ2n) is 8.12. The van der Waals surface area contributed by atoms with Gasteiger partial charge in [0, 0.05) is 25.1 Å². The zero-order valence-corrected chi connectivity index (χ0v) is 18.0. The van der Waals surface area contributed by atoms with Gasteiger partial charge in [0.05, 0.1) is 6.10 Å². The van der Waals surface area contributed by atoms with E-state index in [0.29, 0.717) is 31.4 Å². The number of piperidine rings is 1. The van der Waals surface area contributed by atoms with Crippen molar-refractivity contribution >= 4 is 18.3 Å². The van der Waals surface area contributed by atoms with E-state index in [1.807, 2.05) is 6.07 Å². The smallest absolute Gasteiger partial charge is 0.220 e. The van der Waals surface area contributed by atoms with Gasteiger partial charge in [-0.2, -0.15) is 0 Å². The Kier molecular flexibility index (Phi) is 9.56. The van der Waals surface area contributed by atoms with E-state index in [1.54, 1.807) is 0 Å². The lowest BCUT2D eigenvalue weighted by molar-refractivity contribution is -0.122. The van der Waals surface area contributed by atoms with Crippen LogP contribution in [0.1, 0.15) is 50.2 Å². The molecule has 0 saturated carbocycles. The van der Waals surface area contributed by atoms with Gasteiger partial charge in [-0.3, -0.25) is 4.79 Å². The molecule has 2 N–H and O–H groups in total. The number of amides is 1. The topological polar surface area (TPSA) is 59.6 Å². The summed E-state index contributed by atoms with van der Waals surface area (Å²) < 4.78 is 11.7. The Bertz CT molecular complexity index is 614. The van der Waals surface area contributed by atoms with Crippen LogP contribution in [0.2, 0.25) is 0 Å². The first kappa shape index (κ1) is 23.0. The second-order valence-corrected chi connectivity index (χ2v) is 8.12. The number of carbonyl (C=O) groups is 1. The predicted molar refractivity (Wildman–Crippen MR) is 114 cm³/mol. The van der Waals surface area contributed by atoms with E-state index < -0.39 is 0 Å². The van der Waals surface area contributed by atoms with E-state index in [-0.39, 0.29) is 24.4 Å². The fourth-order valence-corrected chi connectivity index (χ4v) is 3.99. The number of halogens is 1. The average Bonchev–Trinajstić information content (AvgIpc) is 3.20. The average molecular weight is 411 g/mol. The molecule has 28 heavy (non-hydrogen) atoms. The van der Waals surface area contributed by atoms with Gasteiger partial charge in [-0.05, 0) is 69.2 Å². The summed E-state index contributed by atoms with van der Waals surface area (Å²) in [6.07, 6.45) is 5.39. The molecule has 0 spiro atoms. The zero-order chi connectivity index (χ0) is 19.1. The van der Waals surface area contributed by atoms with Gasteiger partial charge >= 0.3 is 0 Å². The van der Waals surface area contributed by atoms with Crippen molar-refractivity contribution in [3.05, 3.63) is 29.3 Å². The van der Waals surface area contributed by atoms with Crippen molar-refractivity contribution in [2.45, 2.75) is 58.6 Å². The van der Waals surface area contributed by atoms with Crippen LogP contribution in [0.25, 0.3) is 0 Å².